The van der Waals surface area contributed by atoms with Crippen molar-refractivity contribution in [3.8, 4) is 17.6 Å². The molecule has 2 rings (SSSR count). The highest BCUT2D eigenvalue weighted by molar-refractivity contribution is 5.94. The maximum atomic E-state index is 11.8. The molecule has 0 saturated carbocycles. The number of rotatable bonds is 8. The number of hydrogen-bond acceptors (Lipinski definition) is 6. The van der Waals surface area contributed by atoms with E-state index in [2.05, 4.69) is 5.32 Å². The predicted octanol–water partition coefficient (Wildman–Crippen LogP) is 3.16. The lowest BCUT2D eigenvalue weighted by molar-refractivity contribution is -0.142. The number of nitriles is 1. The van der Waals surface area contributed by atoms with Gasteiger partial charge in [-0.3, -0.25) is 4.79 Å². The third-order valence-corrected chi connectivity index (χ3v) is 3.54. The van der Waals surface area contributed by atoms with Crippen LogP contribution in [0.3, 0.4) is 0 Å². The number of carbonyl (C=O) groups excluding carboxylic acids is 2. The maximum absolute atomic E-state index is 11.8. The summed E-state index contributed by atoms with van der Waals surface area (Å²) in [5.74, 6) is 0.0420. The van der Waals surface area contributed by atoms with Crippen molar-refractivity contribution in [1.82, 2.24) is 0 Å². The molecule has 0 aliphatic heterocycles. The van der Waals surface area contributed by atoms with Crippen molar-refractivity contribution < 1.29 is 23.8 Å². The van der Waals surface area contributed by atoms with Crippen molar-refractivity contribution in [1.29, 1.82) is 5.26 Å². The van der Waals surface area contributed by atoms with E-state index in [-0.39, 0.29) is 0 Å². The molecular formula is C21H20N2O5. The van der Waals surface area contributed by atoms with Gasteiger partial charge in [0.2, 0.25) is 0 Å². The first-order chi connectivity index (χ1) is 13.5. The van der Waals surface area contributed by atoms with Gasteiger partial charge in [-0.05, 0) is 55.0 Å². The van der Waals surface area contributed by atoms with Gasteiger partial charge in [-0.15, -0.1) is 0 Å². The minimum atomic E-state index is -0.650. The first-order valence-corrected chi connectivity index (χ1v) is 8.51. The Kier molecular flexibility index (Phi) is 7.61. The van der Waals surface area contributed by atoms with Gasteiger partial charge in [-0.2, -0.15) is 5.26 Å². The molecule has 1 amide bonds. The SMILES string of the molecule is CCOc1ccc(/C=C/C(=O)OCC(=O)Nc2ccc(C#N)cc2)cc1OC. The van der Waals surface area contributed by atoms with Crippen molar-refractivity contribution in [2.24, 2.45) is 0 Å². The molecule has 0 radical (unpaired) electrons. The minimum Gasteiger partial charge on any atom is -0.493 e. The average Bonchev–Trinajstić information content (AvgIpc) is 2.72. The summed E-state index contributed by atoms with van der Waals surface area (Å²) in [5.41, 5.74) is 1.72. The molecule has 7 nitrogen and oxygen atoms in total. The quantitative estimate of drug-likeness (QED) is 0.558. The summed E-state index contributed by atoms with van der Waals surface area (Å²) in [6.45, 7) is 1.97. The first-order valence-electron chi connectivity index (χ1n) is 8.51. The van der Waals surface area contributed by atoms with Crippen LogP contribution in [0.5, 0.6) is 11.5 Å². The molecule has 0 aliphatic rings. The Balaban J connectivity index is 1.85. The summed E-state index contributed by atoms with van der Waals surface area (Å²) in [6, 6.07) is 13.6. The molecule has 0 heterocycles. The van der Waals surface area contributed by atoms with E-state index in [1.807, 2.05) is 13.0 Å². The molecule has 7 heteroatoms. The molecule has 0 aromatic heterocycles. The zero-order valence-electron chi connectivity index (χ0n) is 15.6. The van der Waals surface area contributed by atoms with Crippen LogP contribution in [-0.4, -0.2) is 32.2 Å². The minimum absolute atomic E-state index is 0.421. The maximum Gasteiger partial charge on any atom is 0.331 e. The Morgan fingerprint density at radius 2 is 1.89 bits per heavy atom. The number of methoxy groups -OCH3 is 1. The summed E-state index contributed by atoms with van der Waals surface area (Å²) >= 11 is 0. The molecule has 2 aromatic rings. The molecule has 0 atom stereocenters. The summed E-state index contributed by atoms with van der Waals surface area (Å²) in [5, 5.41) is 11.3. The number of hydrogen-bond donors (Lipinski definition) is 1. The van der Waals surface area contributed by atoms with Crippen molar-refractivity contribution in [3.63, 3.8) is 0 Å². The van der Waals surface area contributed by atoms with E-state index in [4.69, 9.17) is 19.5 Å². The largest absolute Gasteiger partial charge is 0.493 e. The summed E-state index contributed by atoms with van der Waals surface area (Å²) in [4.78, 5) is 23.6. The normalized spacial score (nSPS) is 10.2. The summed E-state index contributed by atoms with van der Waals surface area (Å²) < 4.78 is 15.6. The lowest BCUT2D eigenvalue weighted by Crippen LogP contribution is -2.20. The van der Waals surface area contributed by atoms with Crippen LogP contribution >= 0.6 is 0 Å². The van der Waals surface area contributed by atoms with Gasteiger partial charge in [-0.1, -0.05) is 6.07 Å². The number of carbonyl (C=O) groups is 2. The number of ether oxygens (including phenoxy) is 3. The van der Waals surface area contributed by atoms with E-state index in [1.54, 1.807) is 48.5 Å². The van der Waals surface area contributed by atoms with Crippen molar-refractivity contribution in [2.75, 3.05) is 25.6 Å². The Morgan fingerprint density at radius 1 is 1.14 bits per heavy atom. The van der Waals surface area contributed by atoms with Crippen LogP contribution in [0.2, 0.25) is 0 Å². The van der Waals surface area contributed by atoms with Crippen molar-refractivity contribution in [3.05, 3.63) is 59.7 Å². The summed E-state index contributed by atoms with van der Waals surface area (Å²) in [6.07, 6.45) is 2.78. The smallest absolute Gasteiger partial charge is 0.331 e. The fourth-order valence-corrected chi connectivity index (χ4v) is 2.24. The highest BCUT2D eigenvalue weighted by Crippen LogP contribution is 2.28. The van der Waals surface area contributed by atoms with Gasteiger partial charge in [0.1, 0.15) is 0 Å². The van der Waals surface area contributed by atoms with Crippen LogP contribution in [0.4, 0.5) is 5.69 Å². The molecule has 0 bridgehead atoms. The zero-order valence-corrected chi connectivity index (χ0v) is 15.6. The first kappa shape index (κ1) is 20.5. The molecule has 2 aromatic carbocycles. The fraction of sp³-hybridized carbons (Fsp3) is 0.190. The number of anilines is 1. The van der Waals surface area contributed by atoms with Gasteiger partial charge in [0.05, 0.1) is 25.3 Å². The van der Waals surface area contributed by atoms with Gasteiger partial charge in [0.15, 0.2) is 18.1 Å². The highest BCUT2D eigenvalue weighted by atomic mass is 16.5. The second kappa shape index (κ2) is 10.4. The molecule has 28 heavy (non-hydrogen) atoms. The highest BCUT2D eigenvalue weighted by Gasteiger charge is 2.07. The fourth-order valence-electron chi connectivity index (χ4n) is 2.24. The number of esters is 1. The van der Waals surface area contributed by atoms with E-state index in [0.717, 1.165) is 5.56 Å². The number of nitrogens with one attached hydrogen (secondary N) is 1. The van der Waals surface area contributed by atoms with E-state index in [0.29, 0.717) is 29.4 Å². The Morgan fingerprint density at radius 3 is 2.54 bits per heavy atom. The van der Waals surface area contributed by atoms with E-state index in [1.165, 1.54) is 13.2 Å². The van der Waals surface area contributed by atoms with Gasteiger partial charge >= 0.3 is 5.97 Å². The molecule has 0 unspecified atom stereocenters. The van der Waals surface area contributed by atoms with Crippen molar-refractivity contribution in [2.45, 2.75) is 6.92 Å². The van der Waals surface area contributed by atoms with Crippen LogP contribution in [0.25, 0.3) is 6.08 Å². The summed E-state index contributed by atoms with van der Waals surface area (Å²) in [7, 11) is 1.53. The van der Waals surface area contributed by atoms with Crippen LogP contribution in [0.1, 0.15) is 18.1 Å². The average molecular weight is 380 g/mol. The standard InChI is InChI=1S/C21H20N2O5/c1-3-27-18-10-6-15(12-19(18)26-2)7-11-21(25)28-14-20(24)23-17-8-4-16(13-22)5-9-17/h4-12H,3,14H2,1-2H3,(H,23,24)/b11-7+. The topological polar surface area (TPSA) is 97.6 Å². The molecule has 1 N–H and O–H groups in total. The third kappa shape index (κ3) is 6.18. The molecule has 0 spiro atoms. The van der Waals surface area contributed by atoms with Crippen LogP contribution in [0, 0.1) is 11.3 Å². The Labute approximate surface area is 163 Å². The van der Waals surface area contributed by atoms with E-state index in [9.17, 15) is 9.59 Å². The molecule has 0 saturated heterocycles. The van der Waals surface area contributed by atoms with Crippen molar-refractivity contribution >= 4 is 23.6 Å². The van der Waals surface area contributed by atoms with Gasteiger partial charge in [0, 0.05) is 11.8 Å². The zero-order chi connectivity index (χ0) is 20.4. The lowest BCUT2D eigenvalue weighted by Gasteiger charge is -2.09. The Hall–Kier alpha value is -3.79. The second-order valence-electron chi connectivity index (χ2n) is 5.52. The molecular weight excluding hydrogens is 360 g/mol. The molecule has 0 aliphatic carbocycles. The number of benzene rings is 2. The molecule has 0 fully saturated rings. The number of amides is 1. The van der Waals surface area contributed by atoms with E-state index >= 15 is 0 Å². The van der Waals surface area contributed by atoms with Gasteiger partial charge in [0.25, 0.3) is 5.91 Å². The third-order valence-electron chi connectivity index (χ3n) is 3.54. The molecule has 144 valence electrons. The Bertz CT molecular complexity index is 898. The van der Waals surface area contributed by atoms with Crippen LogP contribution in [-0.2, 0) is 14.3 Å². The lowest BCUT2D eigenvalue weighted by atomic mass is 10.2. The van der Waals surface area contributed by atoms with Gasteiger partial charge in [-0.25, -0.2) is 4.79 Å². The number of nitrogens with zero attached hydrogens (tertiary/aromatic N) is 1. The monoisotopic (exact) mass is 380 g/mol. The van der Waals surface area contributed by atoms with Crippen LogP contribution < -0.4 is 14.8 Å². The second-order valence-corrected chi connectivity index (χ2v) is 5.52. The van der Waals surface area contributed by atoms with Gasteiger partial charge < -0.3 is 19.5 Å². The predicted molar refractivity (Wildman–Crippen MR) is 104 cm³/mol. The van der Waals surface area contributed by atoms with E-state index < -0.39 is 18.5 Å². The van der Waals surface area contributed by atoms with Crippen LogP contribution in [0.15, 0.2) is 48.5 Å².